The van der Waals surface area contributed by atoms with Gasteiger partial charge in [-0.1, -0.05) is 37.6 Å². The molecule has 27 heavy (non-hydrogen) atoms. The van der Waals surface area contributed by atoms with Crippen molar-refractivity contribution in [2.45, 2.75) is 52.5 Å². The van der Waals surface area contributed by atoms with Crippen LogP contribution in [0.2, 0.25) is 0 Å². The van der Waals surface area contributed by atoms with Gasteiger partial charge in [0.2, 0.25) is 0 Å². The molecule has 0 radical (unpaired) electrons. The Morgan fingerprint density at radius 2 is 2.00 bits per heavy atom. The van der Waals surface area contributed by atoms with Gasteiger partial charge in [-0.05, 0) is 49.7 Å². The normalized spacial score (nSPS) is 16.0. The predicted molar refractivity (Wildman–Crippen MR) is 114 cm³/mol. The van der Waals surface area contributed by atoms with Crippen LogP contribution in [0.3, 0.4) is 0 Å². The van der Waals surface area contributed by atoms with E-state index in [1.54, 1.807) is 0 Å². The average Bonchev–Trinajstić information content (AvgIpc) is 2.69. The molecule has 0 amide bonds. The average molecular weight is 375 g/mol. The summed E-state index contributed by atoms with van der Waals surface area (Å²) in [6.07, 6.45) is 5.38. The standard InChI is InChI=1S/C22H38N4O/c1-3-8-19(12-16-27)17-25-22(23-4-2)24-13-7-14-26-15-11-20-9-5-6-10-21(20)18-26/h5-6,9-10,19,27H,3-4,7-8,11-18H2,1-2H3,(H2,23,24,25). The molecule has 5 nitrogen and oxygen atoms in total. The van der Waals surface area contributed by atoms with E-state index in [-0.39, 0.29) is 6.61 Å². The van der Waals surface area contributed by atoms with Crippen LogP contribution >= 0.6 is 0 Å². The largest absolute Gasteiger partial charge is 0.396 e. The van der Waals surface area contributed by atoms with Crippen molar-refractivity contribution in [3.05, 3.63) is 35.4 Å². The summed E-state index contributed by atoms with van der Waals surface area (Å²) >= 11 is 0. The van der Waals surface area contributed by atoms with E-state index < -0.39 is 0 Å². The third-order valence-electron chi connectivity index (χ3n) is 5.24. The molecule has 1 aromatic carbocycles. The molecule has 0 aromatic heterocycles. The Hall–Kier alpha value is -1.59. The Morgan fingerprint density at radius 1 is 1.19 bits per heavy atom. The van der Waals surface area contributed by atoms with Crippen LogP contribution in [0.5, 0.6) is 0 Å². The zero-order valence-corrected chi connectivity index (χ0v) is 17.2. The molecule has 2 rings (SSSR count). The molecule has 152 valence electrons. The molecule has 0 spiro atoms. The van der Waals surface area contributed by atoms with Crippen LogP contribution < -0.4 is 10.6 Å². The maximum absolute atomic E-state index is 9.21. The summed E-state index contributed by atoms with van der Waals surface area (Å²) in [5.41, 5.74) is 3.00. The van der Waals surface area contributed by atoms with Gasteiger partial charge in [-0.15, -0.1) is 0 Å². The lowest BCUT2D eigenvalue weighted by Gasteiger charge is -2.28. The van der Waals surface area contributed by atoms with Crippen LogP contribution in [-0.4, -0.2) is 55.3 Å². The third-order valence-corrected chi connectivity index (χ3v) is 5.24. The van der Waals surface area contributed by atoms with E-state index in [0.717, 1.165) is 77.3 Å². The summed E-state index contributed by atoms with van der Waals surface area (Å²) in [6.45, 7) is 10.5. The topological polar surface area (TPSA) is 59.9 Å². The summed E-state index contributed by atoms with van der Waals surface area (Å²) in [5, 5.41) is 16.0. The molecule has 0 bridgehead atoms. The second-order valence-electron chi connectivity index (χ2n) is 7.46. The van der Waals surface area contributed by atoms with Crippen LogP contribution in [0, 0.1) is 5.92 Å². The maximum Gasteiger partial charge on any atom is 0.191 e. The lowest BCUT2D eigenvalue weighted by molar-refractivity contribution is 0.251. The highest BCUT2D eigenvalue weighted by Gasteiger charge is 2.14. The zero-order valence-electron chi connectivity index (χ0n) is 17.2. The predicted octanol–water partition coefficient (Wildman–Crippen LogP) is 2.79. The molecular weight excluding hydrogens is 336 g/mol. The number of benzene rings is 1. The first-order valence-electron chi connectivity index (χ1n) is 10.7. The molecule has 1 aliphatic heterocycles. The van der Waals surface area contributed by atoms with E-state index in [1.807, 2.05) is 0 Å². The second-order valence-corrected chi connectivity index (χ2v) is 7.46. The van der Waals surface area contributed by atoms with Crippen LogP contribution in [0.4, 0.5) is 0 Å². The van der Waals surface area contributed by atoms with Gasteiger partial charge in [-0.3, -0.25) is 9.89 Å². The lowest BCUT2D eigenvalue weighted by atomic mass is 10.00. The fourth-order valence-electron chi connectivity index (χ4n) is 3.73. The van der Waals surface area contributed by atoms with E-state index in [0.29, 0.717) is 5.92 Å². The minimum absolute atomic E-state index is 0.253. The molecule has 1 aliphatic rings. The Kier molecular flexibility index (Phi) is 10.2. The number of rotatable bonds is 11. The van der Waals surface area contributed by atoms with Gasteiger partial charge in [-0.2, -0.15) is 0 Å². The maximum atomic E-state index is 9.21. The quantitative estimate of drug-likeness (QED) is 0.317. The molecule has 3 N–H and O–H groups in total. The number of hydrogen-bond donors (Lipinski definition) is 3. The number of aliphatic hydroxyl groups is 1. The Bertz CT molecular complexity index is 555. The molecule has 1 atom stereocenters. The van der Waals surface area contributed by atoms with E-state index in [1.165, 1.54) is 11.1 Å². The summed E-state index contributed by atoms with van der Waals surface area (Å²) in [6, 6.07) is 8.81. The van der Waals surface area contributed by atoms with Crippen LogP contribution in [0.1, 0.15) is 50.7 Å². The fraction of sp³-hybridized carbons (Fsp3) is 0.682. The first kappa shape index (κ1) is 21.7. The number of aliphatic hydroxyl groups excluding tert-OH is 1. The Morgan fingerprint density at radius 3 is 2.74 bits per heavy atom. The third kappa shape index (κ3) is 7.89. The zero-order chi connectivity index (χ0) is 19.3. The van der Waals surface area contributed by atoms with Gasteiger partial charge < -0.3 is 15.7 Å². The first-order chi connectivity index (χ1) is 13.3. The number of aliphatic imine (C=N–C) groups is 1. The Balaban J connectivity index is 1.72. The SMILES string of the molecule is CCCC(CCO)CN=C(NCC)NCCCN1CCc2ccccc2C1. The minimum Gasteiger partial charge on any atom is -0.396 e. The molecule has 0 fully saturated rings. The highest BCUT2D eigenvalue weighted by Crippen LogP contribution is 2.18. The van der Waals surface area contributed by atoms with Crippen molar-refractivity contribution in [3.63, 3.8) is 0 Å². The van der Waals surface area contributed by atoms with Crippen molar-refractivity contribution in [2.75, 3.05) is 39.3 Å². The van der Waals surface area contributed by atoms with Crippen LogP contribution in [-0.2, 0) is 13.0 Å². The number of nitrogens with one attached hydrogen (secondary N) is 2. The van der Waals surface area contributed by atoms with Crippen molar-refractivity contribution in [1.82, 2.24) is 15.5 Å². The van der Waals surface area contributed by atoms with E-state index in [4.69, 9.17) is 4.99 Å². The number of hydrogen-bond acceptors (Lipinski definition) is 3. The summed E-state index contributed by atoms with van der Waals surface area (Å²) in [5.74, 6) is 1.38. The van der Waals surface area contributed by atoms with Gasteiger partial charge in [0.15, 0.2) is 5.96 Å². The van der Waals surface area contributed by atoms with Gasteiger partial charge in [0, 0.05) is 45.9 Å². The van der Waals surface area contributed by atoms with Gasteiger partial charge in [0.1, 0.15) is 0 Å². The minimum atomic E-state index is 0.253. The van der Waals surface area contributed by atoms with Gasteiger partial charge in [-0.25, -0.2) is 0 Å². The van der Waals surface area contributed by atoms with Crippen molar-refractivity contribution < 1.29 is 5.11 Å². The molecule has 0 saturated heterocycles. The molecular formula is C22H38N4O. The smallest absolute Gasteiger partial charge is 0.191 e. The number of guanidine groups is 1. The van der Waals surface area contributed by atoms with Crippen molar-refractivity contribution in [3.8, 4) is 0 Å². The highest BCUT2D eigenvalue weighted by molar-refractivity contribution is 5.79. The second kappa shape index (κ2) is 12.7. The monoisotopic (exact) mass is 374 g/mol. The molecule has 5 heteroatoms. The van der Waals surface area contributed by atoms with Gasteiger partial charge in [0.25, 0.3) is 0 Å². The van der Waals surface area contributed by atoms with E-state index in [9.17, 15) is 5.11 Å². The van der Waals surface area contributed by atoms with E-state index >= 15 is 0 Å². The molecule has 1 unspecified atom stereocenters. The summed E-state index contributed by atoms with van der Waals surface area (Å²) < 4.78 is 0. The van der Waals surface area contributed by atoms with Crippen LogP contribution in [0.15, 0.2) is 29.3 Å². The molecule has 1 heterocycles. The lowest BCUT2D eigenvalue weighted by Crippen LogP contribution is -2.39. The van der Waals surface area contributed by atoms with Gasteiger partial charge >= 0.3 is 0 Å². The first-order valence-corrected chi connectivity index (χ1v) is 10.7. The van der Waals surface area contributed by atoms with E-state index in [2.05, 4.69) is 53.6 Å². The highest BCUT2D eigenvalue weighted by atomic mass is 16.3. The number of nitrogens with zero attached hydrogens (tertiary/aromatic N) is 2. The Labute approximate surface area is 165 Å². The van der Waals surface area contributed by atoms with Crippen molar-refractivity contribution >= 4 is 5.96 Å². The molecule has 0 saturated carbocycles. The molecule has 0 aliphatic carbocycles. The summed E-state index contributed by atoms with van der Waals surface area (Å²) in [7, 11) is 0. The van der Waals surface area contributed by atoms with Crippen LogP contribution in [0.25, 0.3) is 0 Å². The molecule has 1 aromatic rings. The van der Waals surface area contributed by atoms with Gasteiger partial charge in [0.05, 0.1) is 0 Å². The fourth-order valence-corrected chi connectivity index (χ4v) is 3.73. The summed E-state index contributed by atoms with van der Waals surface area (Å²) in [4.78, 5) is 7.28. The van der Waals surface area contributed by atoms with Crippen molar-refractivity contribution in [1.29, 1.82) is 0 Å². The number of fused-ring (bicyclic) bond motifs is 1. The van der Waals surface area contributed by atoms with Crippen molar-refractivity contribution in [2.24, 2.45) is 10.9 Å².